The number of benzene rings is 1. The summed E-state index contributed by atoms with van der Waals surface area (Å²) in [5, 5.41) is 3.28. The second-order valence-electron chi connectivity index (χ2n) is 4.41. The summed E-state index contributed by atoms with van der Waals surface area (Å²) in [6.07, 6.45) is 0. The molecule has 1 saturated heterocycles. The number of rotatable bonds is 2. The number of nitrogens with one attached hydrogen (secondary N) is 1. The van der Waals surface area contributed by atoms with Crippen LogP contribution < -0.4 is 10.2 Å². The third-order valence-corrected chi connectivity index (χ3v) is 3.18. The molecule has 0 amide bonds. The lowest BCUT2D eigenvalue weighted by atomic mass is 10.2. The number of oxazole rings is 1. The second kappa shape index (κ2) is 4.89. The van der Waals surface area contributed by atoms with Crippen molar-refractivity contribution in [2.75, 3.05) is 38.2 Å². The smallest absolute Gasteiger partial charge is 0.337 e. The third kappa shape index (κ3) is 2.26. The number of hydrogen-bond donors (Lipinski definition) is 1. The normalized spacial score (nSPS) is 15.7. The molecule has 6 heteroatoms. The first-order valence-electron chi connectivity index (χ1n) is 6.22. The van der Waals surface area contributed by atoms with Gasteiger partial charge in [-0.2, -0.15) is 4.98 Å². The van der Waals surface area contributed by atoms with E-state index in [1.54, 1.807) is 18.2 Å². The highest BCUT2D eigenvalue weighted by molar-refractivity contribution is 5.93. The molecule has 0 atom stereocenters. The summed E-state index contributed by atoms with van der Waals surface area (Å²) in [6.45, 7) is 3.59. The molecule has 0 bridgehead atoms. The minimum Gasteiger partial charge on any atom is -0.465 e. The fraction of sp³-hybridized carbons (Fsp3) is 0.385. The zero-order chi connectivity index (χ0) is 13.2. The van der Waals surface area contributed by atoms with Gasteiger partial charge in [0.25, 0.3) is 6.01 Å². The molecular formula is C13H15N3O3. The van der Waals surface area contributed by atoms with Gasteiger partial charge in [-0.1, -0.05) is 0 Å². The third-order valence-electron chi connectivity index (χ3n) is 3.18. The molecule has 1 aromatic carbocycles. The average Bonchev–Trinajstić information content (AvgIpc) is 2.90. The Balaban J connectivity index is 1.93. The molecule has 2 heterocycles. The van der Waals surface area contributed by atoms with Crippen LogP contribution in [0.25, 0.3) is 11.1 Å². The molecule has 0 unspecified atom stereocenters. The maximum atomic E-state index is 11.5. The molecule has 100 valence electrons. The van der Waals surface area contributed by atoms with Crippen LogP contribution in [0, 0.1) is 0 Å². The van der Waals surface area contributed by atoms with Gasteiger partial charge < -0.3 is 19.4 Å². The minimum absolute atomic E-state index is 0.367. The van der Waals surface area contributed by atoms with E-state index >= 15 is 0 Å². The largest absolute Gasteiger partial charge is 0.465 e. The van der Waals surface area contributed by atoms with E-state index < -0.39 is 0 Å². The molecule has 0 saturated carbocycles. The van der Waals surface area contributed by atoms with Gasteiger partial charge in [-0.25, -0.2) is 4.79 Å². The standard InChI is InChI=1S/C13H15N3O3/c1-18-12(17)9-2-3-11-10(8-9)15-13(19-11)16-6-4-14-5-7-16/h2-3,8,14H,4-7H2,1H3. The van der Waals surface area contributed by atoms with Crippen LogP contribution in [0.5, 0.6) is 0 Å². The highest BCUT2D eigenvalue weighted by Gasteiger charge is 2.17. The van der Waals surface area contributed by atoms with Crippen LogP contribution in [0.2, 0.25) is 0 Å². The Morgan fingerprint density at radius 3 is 2.95 bits per heavy atom. The number of nitrogens with zero attached hydrogens (tertiary/aromatic N) is 2. The van der Waals surface area contributed by atoms with Crippen molar-refractivity contribution in [2.45, 2.75) is 0 Å². The molecule has 1 fully saturated rings. The molecule has 19 heavy (non-hydrogen) atoms. The number of hydrogen-bond acceptors (Lipinski definition) is 6. The fourth-order valence-electron chi connectivity index (χ4n) is 2.15. The van der Waals surface area contributed by atoms with Gasteiger partial charge in [0.2, 0.25) is 0 Å². The highest BCUT2D eigenvalue weighted by Crippen LogP contribution is 2.23. The summed E-state index contributed by atoms with van der Waals surface area (Å²) in [5.74, 6) is -0.367. The number of anilines is 1. The van der Waals surface area contributed by atoms with Gasteiger partial charge in [-0.05, 0) is 18.2 Å². The minimum atomic E-state index is -0.367. The Bertz CT molecular complexity index is 602. The molecule has 6 nitrogen and oxygen atoms in total. The zero-order valence-electron chi connectivity index (χ0n) is 10.7. The van der Waals surface area contributed by atoms with Gasteiger partial charge in [0.15, 0.2) is 5.58 Å². The predicted octanol–water partition coefficient (Wildman–Crippen LogP) is 1.02. The van der Waals surface area contributed by atoms with Crippen molar-refractivity contribution in [3.63, 3.8) is 0 Å². The molecule has 0 radical (unpaired) electrons. The summed E-state index contributed by atoms with van der Waals surface area (Å²) in [7, 11) is 1.36. The van der Waals surface area contributed by atoms with E-state index in [0.717, 1.165) is 26.2 Å². The number of fused-ring (bicyclic) bond motifs is 1. The van der Waals surface area contributed by atoms with Crippen LogP contribution in [0.1, 0.15) is 10.4 Å². The molecule has 0 aliphatic carbocycles. The molecule has 1 N–H and O–H groups in total. The predicted molar refractivity (Wildman–Crippen MR) is 70.4 cm³/mol. The van der Waals surface area contributed by atoms with Crippen molar-refractivity contribution in [2.24, 2.45) is 0 Å². The quantitative estimate of drug-likeness (QED) is 0.814. The monoisotopic (exact) mass is 261 g/mol. The zero-order valence-corrected chi connectivity index (χ0v) is 10.7. The molecule has 1 aromatic heterocycles. The van der Waals surface area contributed by atoms with Crippen molar-refractivity contribution in [3.8, 4) is 0 Å². The topological polar surface area (TPSA) is 67.6 Å². The lowest BCUT2D eigenvalue weighted by Crippen LogP contribution is -2.43. The summed E-state index contributed by atoms with van der Waals surface area (Å²) in [5.41, 5.74) is 1.84. The summed E-state index contributed by atoms with van der Waals surface area (Å²) >= 11 is 0. The number of piperazine rings is 1. The molecular weight excluding hydrogens is 246 g/mol. The Morgan fingerprint density at radius 1 is 1.42 bits per heavy atom. The maximum Gasteiger partial charge on any atom is 0.337 e. The van der Waals surface area contributed by atoms with E-state index in [1.165, 1.54) is 7.11 Å². The van der Waals surface area contributed by atoms with Crippen LogP contribution in [-0.2, 0) is 4.74 Å². The number of methoxy groups -OCH3 is 1. The van der Waals surface area contributed by atoms with Gasteiger partial charge in [0.05, 0.1) is 12.7 Å². The summed E-state index contributed by atoms with van der Waals surface area (Å²) < 4.78 is 10.4. The first kappa shape index (κ1) is 12.0. The van der Waals surface area contributed by atoms with Gasteiger partial charge >= 0.3 is 5.97 Å². The van der Waals surface area contributed by atoms with Crippen molar-refractivity contribution >= 4 is 23.1 Å². The van der Waals surface area contributed by atoms with Crippen molar-refractivity contribution in [1.82, 2.24) is 10.3 Å². The number of ether oxygens (including phenoxy) is 1. The second-order valence-corrected chi connectivity index (χ2v) is 4.41. The van der Waals surface area contributed by atoms with Gasteiger partial charge in [0, 0.05) is 26.2 Å². The van der Waals surface area contributed by atoms with E-state index in [0.29, 0.717) is 22.7 Å². The van der Waals surface area contributed by atoms with E-state index in [4.69, 9.17) is 9.15 Å². The Morgan fingerprint density at radius 2 is 2.21 bits per heavy atom. The van der Waals surface area contributed by atoms with Crippen molar-refractivity contribution in [3.05, 3.63) is 23.8 Å². The summed E-state index contributed by atoms with van der Waals surface area (Å²) in [6, 6.07) is 5.73. The van der Waals surface area contributed by atoms with E-state index in [1.807, 2.05) is 0 Å². The summed E-state index contributed by atoms with van der Waals surface area (Å²) in [4.78, 5) is 18.0. The van der Waals surface area contributed by atoms with E-state index in [-0.39, 0.29) is 5.97 Å². The molecule has 2 aromatic rings. The van der Waals surface area contributed by atoms with Gasteiger partial charge in [0.1, 0.15) is 5.52 Å². The fourth-order valence-corrected chi connectivity index (χ4v) is 2.15. The lowest BCUT2D eigenvalue weighted by molar-refractivity contribution is 0.0601. The number of aromatic nitrogens is 1. The number of carbonyl (C=O) groups is 1. The Labute approximate surface area is 110 Å². The number of carbonyl (C=O) groups excluding carboxylic acids is 1. The molecule has 1 aliphatic heterocycles. The average molecular weight is 261 g/mol. The van der Waals surface area contributed by atoms with Crippen LogP contribution >= 0.6 is 0 Å². The van der Waals surface area contributed by atoms with Crippen molar-refractivity contribution in [1.29, 1.82) is 0 Å². The molecule has 1 aliphatic rings. The Hall–Kier alpha value is -2.08. The molecule has 3 rings (SSSR count). The van der Waals surface area contributed by atoms with Gasteiger partial charge in [-0.15, -0.1) is 0 Å². The van der Waals surface area contributed by atoms with E-state index in [9.17, 15) is 4.79 Å². The van der Waals surface area contributed by atoms with Gasteiger partial charge in [-0.3, -0.25) is 0 Å². The first-order valence-corrected chi connectivity index (χ1v) is 6.22. The molecule has 0 spiro atoms. The van der Waals surface area contributed by atoms with Crippen molar-refractivity contribution < 1.29 is 13.9 Å². The Kier molecular flexibility index (Phi) is 3.08. The van der Waals surface area contributed by atoms with E-state index in [2.05, 4.69) is 15.2 Å². The van der Waals surface area contributed by atoms with Crippen LogP contribution in [0.4, 0.5) is 6.01 Å². The van der Waals surface area contributed by atoms with Crippen LogP contribution in [0.3, 0.4) is 0 Å². The highest BCUT2D eigenvalue weighted by atomic mass is 16.5. The SMILES string of the molecule is COC(=O)c1ccc2oc(N3CCNCC3)nc2c1. The van der Waals surface area contributed by atoms with Crippen LogP contribution in [-0.4, -0.2) is 44.2 Å². The lowest BCUT2D eigenvalue weighted by Gasteiger charge is -2.25. The number of esters is 1. The first-order chi connectivity index (χ1) is 9.28. The maximum absolute atomic E-state index is 11.5. The van der Waals surface area contributed by atoms with Crippen LogP contribution in [0.15, 0.2) is 22.6 Å².